The predicted molar refractivity (Wildman–Crippen MR) is 82.5 cm³/mol. The fraction of sp³-hybridized carbons (Fsp3) is 0.647. The lowest BCUT2D eigenvalue weighted by molar-refractivity contribution is 0.0104. The number of hydrogen-bond acceptors (Lipinski definition) is 2. The zero-order valence-corrected chi connectivity index (χ0v) is 13.2. The van der Waals surface area contributed by atoms with Crippen molar-refractivity contribution in [2.75, 3.05) is 20.2 Å². The summed E-state index contributed by atoms with van der Waals surface area (Å²) in [6.07, 6.45) is 2.99. The minimum atomic E-state index is -0.151. The van der Waals surface area contributed by atoms with Gasteiger partial charge < -0.3 is 10.1 Å². The average molecular weight is 281 g/mol. The van der Waals surface area contributed by atoms with Crippen molar-refractivity contribution in [2.45, 2.75) is 45.6 Å². The van der Waals surface area contributed by atoms with Gasteiger partial charge in [-0.1, -0.05) is 19.1 Å². The van der Waals surface area contributed by atoms with Crippen LogP contribution in [0.5, 0.6) is 0 Å². The molecule has 0 spiro atoms. The summed E-state index contributed by atoms with van der Waals surface area (Å²) in [6.45, 7) is 8.26. The summed E-state index contributed by atoms with van der Waals surface area (Å²) in [4.78, 5) is 0. The van der Waals surface area contributed by atoms with Crippen molar-refractivity contribution in [2.24, 2.45) is 5.92 Å². The molecule has 20 heavy (non-hydrogen) atoms. The maximum atomic E-state index is 13.3. The molecule has 1 N–H and O–H groups in total. The zero-order chi connectivity index (χ0) is 15.0. The molecule has 0 radical (unpaired) electrons. The Morgan fingerprint density at radius 3 is 2.70 bits per heavy atom. The van der Waals surface area contributed by atoms with Crippen LogP contribution in [-0.4, -0.2) is 25.8 Å². The second-order valence-corrected chi connectivity index (χ2v) is 6.01. The van der Waals surface area contributed by atoms with E-state index in [1.165, 1.54) is 6.07 Å². The van der Waals surface area contributed by atoms with Crippen molar-refractivity contribution in [3.63, 3.8) is 0 Å². The molecule has 0 aliphatic rings. The van der Waals surface area contributed by atoms with Crippen LogP contribution in [0.2, 0.25) is 0 Å². The molecule has 0 aliphatic heterocycles. The van der Waals surface area contributed by atoms with E-state index in [-0.39, 0.29) is 11.4 Å². The van der Waals surface area contributed by atoms with Gasteiger partial charge in [-0.25, -0.2) is 4.39 Å². The van der Waals surface area contributed by atoms with Crippen LogP contribution in [0.3, 0.4) is 0 Å². The minimum Gasteiger partial charge on any atom is -0.379 e. The van der Waals surface area contributed by atoms with Crippen molar-refractivity contribution in [3.05, 3.63) is 35.6 Å². The standard InChI is InChI=1S/C17H28FNO/c1-5-19-13-15(9-10-17(2,3)20-4)11-14-7-6-8-16(18)12-14/h6-8,12,15,19H,5,9-11,13H2,1-4H3. The third-order valence-corrected chi connectivity index (χ3v) is 3.80. The second kappa shape index (κ2) is 8.38. The largest absolute Gasteiger partial charge is 0.379 e. The van der Waals surface area contributed by atoms with Crippen LogP contribution in [0.1, 0.15) is 39.2 Å². The maximum absolute atomic E-state index is 13.3. The van der Waals surface area contributed by atoms with Crippen molar-refractivity contribution in [1.82, 2.24) is 5.32 Å². The fourth-order valence-electron chi connectivity index (χ4n) is 2.28. The highest BCUT2D eigenvalue weighted by Crippen LogP contribution is 2.22. The van der Waals surface area contributed by atoms with Crippen LogP contribution in [-0.2, 0) is 11.2 Å². The minimum absolute atomic E-state index is 0.0909. The first-order valence-electron chi connectivity index (χ1n) is 7.47. The first kappa shape index (κ1) is 17.1. The highest BCUT2D eigenvalue weighted by molar-refractivity contribution is 5.16. The number of rotatable bonds is 9. The molecule has 1 unspecified atom stereocenters. The third-order valence-electron chi connectivity index (χ3n) is 3.80. The Morgan fingerprint density at radius 1 is 1.35 bits per heavy atom. The molecule has 0 amide bonds. The van der Waals surface area contributed by atoms with Gasteiger partial charge in [-0.05, 0) is 69.8 Å². The molecule has 0 bridgehead atoms. The number of ether oxygens (including phenoxy) is 1. The highest BCUT2D eigenvalue weighted by atomic mass is 19.1. The first-order valence-corrected chi connectivity index (χ1v) is 7.47. The third kappa shape index (κ3) is 6.49. The van der Waals surface area contributed by atoms with Gasteiger partial charge in [-0.15, -0.1) is 0 Å². The van der Waals surface area contributed by atoms with Crippen LogP contribution in [0.15, 0.2) is 24.3 Å². The molecular formula is C17H28FNO. The van der Waals surface area contributed by atoms with E-state index >= 15 is 0 Å². The predicted octanol–water partition coefficient (Wildman–Crippen LogP) is 3.80. The molecule has 1 aromatic carbocycles. The fourth-order valence-corrected chi connectivity index (χ4v) is 2.28. The Hall–Kier alpha value is -0.930. The number of hydrogen-bond donors (Lipinski definition) is 1. The molecule has 1 rings (SSSR count). The Bertz CT molecular complexity index is 392. The van der Waals surface area contributed by atoms with E-state index in [1.54, 1.807) is 19.2 Å². The number of benzene rings is 1. The lowest BCUT2D eigenvalue weighted by Crippen LogP contribution is -2.28. The van der Waals surface area contributed by atoms with Crippen LogP contribution in [0.25, 0.3) is 0 Å². The van der Waals surface area contributed by atoms with Crippen molar-refractivity contribution in [3.8, 4) is 0 Å². The summed E-state index contributed by atoms with van der Waals surface area (Å²) in [5, 5.41) is 3.40. The molecular weight excluding hydrogens is 253 g/mol. The molecule has 0 aliphatic carbocycles. The van der Waals surface area contributed by atoms with Crippen molar-refractivity contribution < 1.29 is 9.13 Å². The summed E-state index contributed by atoms with van der Waals surface area (Å²) in [5.74, 6) is 0.355. The highest BCUT2D eigenvalue weighted by Gasteiger charge is 2.19. The number of nitrogens with one attached hydrogen (secondary N) is 1. The van der Waals surface area contributed by atoms with E-state index < -0.39 is 0 Å². The molecule has 1 atom stereocenters. The smallest absolute Gasteiger partial charge is 0.123 e. The summed E-state index contributed by atoms with van der Waals surface area (Å²) in [7, 11) is 1.76. The Kier molecular flexibility index (Phi) is 7.17. The summed E-state index contributed by atoms with van der Waals surface area (Å²) < 4.78 is 18.7. The molecule has 2 nitrogen and oxygen atoms in total. The van der Waals surface area contributed by atoms with Crippen molar-refractivity contribution >= 4 is 0 Å². The average Bonchev–Trinajstić information content (AvgIpc) is 2.42. The quantitative estimate of drug-likeness (QED) is 0.743. The Labute approximate surface area is 122 Å². The lowest BCUT2D eigenvalue weighted by Gasteiger charge is -2.26. The van der Waals surface area contributed by atoms with Gasteiger partial charge in [0.2, 0.25) is 0 Å². The van der Waals surface area contributed by atoms with Gasteiger partial charge in [0.15, 0.2) is 0 Å². The Balaban J connectivity index is 2.59. The number of halogens is 1. The van der Waals surface area contributed by atoms with Gasteiger partial charge in [0.25, 0.3) is 0 Å². The normalized spacial score (nSPS) is 13.4. The van der Waals surface area contributed by atoms with Crippen LogP contribution >= 0.6 is 0 Å². The monoisotopic (exact) mass is 281 g/mol. The molecule has 114 valence electrons. The van der Waals surface area contributed by atoms with E-state index in [9.17, 15) is 4.39 Å². The Morgan fingerprint density at radius 2 is 2.10 bits per heavy atom. The van der Waals surface area contributed by atoms with Gasteiger partial charge in [0.05, 0.1) is 5.60 Å². The maximum Gasteiger partial charge on any atom is 0.123 e. The number of methoxy groups -OCH3 is 1. The summed E-state index contributed by atoms with van der Waals surface area (Å²) in [6, 6.07) is 6.93. The van der Waals surface area contributed by atoms with E-state index in [2.05, 4.69) is 26.1 Å². The van der Waals surface area contributed by atoms with Gasteiger partial charge in [0, 0.05) is 7.11 Å². The first-order chi connectivity index (χ1) is 9.46. The van der Waals surface area contributed by atoms with Crippen LogP contribution < -0.4 is 5.32 Å². The van der Waals surface area contributed by atoms with E-state index in [1.807, 2.05) is 6.07 Å². The van der Waals surface area contributed by atoms with Crippen LogP contribution in [0, 0.1) is 11.7 Å². The van der Waals surface area contributed by atoms with E-state index in [4.69, 9.17) is 4.74 Å². The van der Waals surface area contributed by atoms with Gasteiger partial charge >= 0.3 is 0 Å². The molecule has 0 saturated heterocycles. The topological polar surface area (TPSA) is 21.3 Å². The van der Waals surface area contributed by atoms with Crippen molar-refractivity contribution in [1.29, 1.82) is 0 Å². The van der Waals surface area contributed by atoms with Gasteiger partial charge in [-0.3, -0.25) is 0 Å². The second-order valence-electron chi connectivity index (χ2n) is 6.01. The molecule has 3 heteroatoms. The molecule has 0 heterocycles. The zero-order valence-electron chi connectivity index (χ0n) is 13.2. The molecule has 0 fully saturated rings. The molecule has 1 aromatic rings. The lowest BCUT2D eigenvalue weighted by atomic mass is 9.90. The summed E-state index contributed by atoms with van der Waals surface area (Å²) in [5.41, 5.74) is 0.981. The van der Waals surface area contributed by atoms with E-state index in [0.717, 1.165) is 37.9 Å². The van der Waals surface area contributed by atoms with Gasteiger partial charge in [-0.2, -0.15) is 0 Å². The van der Waals surface area contributed by atoms with Crippen LogP contribution in [0.4, 0.5) is 4.39 Å². The summed E-state index contributed by atoms with van der Waals surface area (Å²) >= 11 is 0. The van der Waals surface area contributed by atoms with E-state index in [0.29, 0.717) is 5.92 Å². The molecule has 0 saturated carbocycles. The van der Waals surface area contributed by atoms with Gasteiger partial charge in [0.1, 0.15) is 5.82 Å². The SMILES string of the molecule is CCNCC(CCC(C)(C)OC)Cc1cccc(F)c1. The molecule has 0 aromatic heterocycles.